The lowest BCUT2D eigenvalue weighted by Gasteiger charge is -2.10. The largest absolute Gasteiger partial charge is 0.508 e. The quantitative estimate of drug-likeness (QED) is 0.311. The molecule has 0 radical (unpaired) electrons. The molecule has 0 fully saturated rings. The average molecular weight is 458 g/mol. The fourth-order valence-corrected chi connectivity index (χ4v) is 3.84. The average Bonchev–Trinajstić information content (AvgIpc) is 2.89. The number of rotatable bonds is 6. The number of fused-ring (bicyclic) bond motifs is 1. The number of hydrogen-bond donors (Lipinski definition) is 2. The van der Waals surface area contributed by atoms with Crippen molar-refractivity contribution in [2.75, 3.05) is 5.32 Å². The van der Waals surface area contributed by atoms with E-state index in [4.69, 9.17) is 4.98 Å². The van der Waals surface area contributed by atoms with Gasteiger partial charge in [-0.2, -0.15) is 0 Å². The van der Waals surface area contributed by atoms with Gasteiger partial charge in [0.25, 0.3) is 0 Å². The topological polar surface area (TPSA) is 75.1 Å². The van der Waals surface area contributed by atoms with Crippen LogP contribution in [0.5, 0.6) is 5.75 Å². The summed E-state index contributed by atoms with van der Waals surface area (Å²) in [6, 6.07) is 30.7. The van der Waals surface area contributed by atoms with Crippen LogP contribution in [0.15, 0.2) is 103 Å². The SMILES string of the molecule is O=C(Cc1ccc2ccccc2c1)Nc1ncc(-c2ccc(O)cc2)nc1C=Cc1ccccc1. The molecule has 1 amide bonds. The Balaban J connectivity index is 1.42. The molecule has 0 aliphatic rings. The van der Waals surface area contributed by atoms with Crippen molar-refractivity contribution >= 4 is 34.6 Å². The number of anilines is 1. The highest BCUT2D eigenvalue weighted by molar-refractivity contribution is 5.94. The van der Waals surface area contributed by atoms with Crippen molar-refractivity contribution in [3.8, 4) is 17.0 Å². The molecule has 1 aromatic heterocycles. The summed E-state index contributed by atoms with van der Waals surface area (Å²) in [5, 5.41) is 14.8. The van der Waals surface area contributed by atoms with Crippen molar-refractivity contribution in [2.45, 2.75) is 6.42 Å². The Morgan fingerprint density at radius 1 is 0.829 bits per heavy atom. The molecule has 0 atom stereocenters. The molecular formula is C30H23N3O2. The maximum absolute atomic E-state index is 12.9. The van der Waals surface area contributed by atoms with Gasteiger partial charge in [0.05, 0.1) is 18.3 Å². The van der Waals surface area contributed by atoms with Crippen LogP contribution in [-0.2, 0) is 11.2 Å². The number of amides is 1. The summed E-state index contributed by atoms with van der Waals surface area (Å²) in [4.78, 5) is 22.2. The normalized spacial score (nSPS) is 11.1. The summed E-state index contributed by atoms with van der Waals surface area (Å²) < 4.78 is 0. The number of aromatic nitrogens is 2. The van der Waals surface area contributed by atoms with Gasteiger partial charge in [-0.1, -0.05) is 78.9 Å². The number of nitrogens with zero attached hydrogens (tertiary/aromatic N) is 2. The van der Waals surface area contributed by atoms with E-state index in [1.807, 2.05) is 78.9 Å². The molecule has 4 aromatic carbocycles. The number of aromatic hydroxyl groups is 1. The first kappa shape index (κ1) is 22.0. The third-order valence-electron chi connectivity index (χ3n) is 5.63. The van der Waals surface area contributed by atoms with Crippen molar-refractivity contribution in [3.05, 3.63) is 120 Å². The first-order valence-corrected chi connectivity index (χ1v) is 11.3. The molecule has 0 spiro atoms. The zero-order valence-corrected chi connectivity index (χ0v) is 18.9. The predicted molar refractivity (Wildman–Crippen MR) is 141 cm³/mol. The molecule has 170 valence electrons. The molecule has 0 aliphatic heterocycles. The summed E-state index contributed by atoms with van der Waals surface area (Å²) in [7, 11) is 0. The number of carbonyl (C=O) groups is 1. The van der Waals surface area contributed by atoms with E-state index in [2.05, 4.69) is 16.4 Å². The second-order valence-electron chi connectivity index (χ2n) is 8.19. The minimum atomic E-state index is -0.165. The fraction of sp³-hybridized carbons (Fsp3) is 0.0333. The Kier molecular flexibility index (Phi) is 6.31. The van der Waals surface area contributed by atoms with Gasteiger partial charge in [0.2, 0.25) is 5.91 Å². The van der Waals surface area contributed by atoms with Gasteiger partial charge in [-0.3, -0.25) is 4.79 Å². The summed E-state index contributed by atoms with van der Waals surface area (Å²) in [5.41, 5.74) is 3.95. The number of benzene rings is 4. The standard InChI is InChI=1S/C30H23N3O2/c34-26-15-13-24(14-16-26)28-20-31-30(27(32-28)17-11-21-6-2-1-3-7-21)33-29(35)19-22-10-12-23-8-4-5-9-25(23)18-22/h1-18,20,34H,19H2,(H,31,33,35). The molecule has 0 aliphatic carbocycles. The van der Waals surface area contributed by atoms with Gasteiger partial charge in [-0.05, 0) is 52.2 Å². The molecule has 0 bridgehead atoms. The Morgan fingerprint density at radius 2 is 1.57 bits per heavy atom. The van der Waals surface area contributed by atoms with Crippen molar-refractivity contribution in [1.82, 2.24) is 9.97 Å². The first-order valence-electron chi connectivity index (χ1n) is 11.3. The van der Waals surface area contributed by atoms with E-state index in [1.165, 1.54) is 0 Å². The molecule has 5 rings (SSSR count). The van der Waals surface area contributed by atoms with E-state index in [9.17, 15) is 9.90 Å². The van der Waals surface area contributed by atoms with Crippen LogP contribution < -0.4 is 5.32 Å². The molecule has 0 unspecified atom stereocenters. The van der Waals surface area contributed by atoms with Crippen molar-refractivity contribution in [2.24, 2.45) is 0 Å². The third kappa shape index (κ3) is 5.42. The zero-order valence-electron chi connectivity index (χ0n) is 18.9. The van der Waals surface area contributed by atoms with Gasteiger partial charge < -0.3 is 10.4 Å². The third-order valence-corrected chi connectivity index (χ3v) is 5.63. The Labute approximate surface area is 203 Å². The van der Waals surface area contributed by atoms with Gasteiger partial charge in [-0.15, -0.1) is 0 Å². The zero-order chi connectivity index (χ0) is 24.0. The molecule has 0 saturated heterocycles. The van der Waals surface area contributed by atoms with E-state index in [0.29, 0.717) is 17.2 Å². The molecule has 2 N–H and O–H groups in total. The van der Waals surface area contributed by atoms with Crippen LogP contribution in [0.2, 0.25) is 0 Å². The van der Waals surface area contributed by atoms with E-state index in [-0.39, 0.29) is 18.1 Å². The Hall–Kier alpha value is -4.77. The van der Waals surface area contributed by atoms with Crippen LogP contribution >= 0.6 is 0 Å². The van der Waals surface area contributed by atoms with Gasteiger partial charge in [0.1, 0.15) is 11.4 Å². The summed E-state index contributed by atoms with van der Waals surface area (Å²) in [6.45, 7) is 0. The van der Waals surface area contributed by atoms with Gasteiger partial charge in [0.15, 0.2) is 5.82 Å². The second-order valence-corrected chi connectivity index (χ2v) is 8.19. The van der Waals surface area contributed by atoms with E-state index in [1.54, 1.807) is 30.5 Å². The second kappa shape index (κ2) is 10.0. The van der Waals surface area contributed by atoms with Gasteiger partial charge in [-0.25, -0.2) is 9.97 Å². The highest BCUT2D eigenvalue weighted by Gasteiger charge is 2.12. The smallest absolute Gasteiger partial charge is 0.230 e. The minimum absolute atomic E-state index is 0.165. The number of phenolic OH excluding ortho intramolecular Hbond substituents is 1. The maximum atomic E-state index is 12.9. The van der Waals surface area contributed by atoms with Crippen molar-refractivity contribution in [1.29, 1.82) is 0 Å². The lowest BCUT2D eigenvalue weighted by molar-refractivity contribution is -0.115. The minimum Gasteiger partial charge on any atom is -0.508 e. The molecule has 5 nitrogen and oxygen atoms in total. The molecule has 35 heavy (non-hydrogen) atoms. The lowest BCUT2D eigenvalue weighted by atomic mass is 10.0. The summed E-state index contributed by atoms with van der Waals surface area (Å²) in [6.07, 6.45) is 5.63. The van der Waals surface area contributed by atoms with Crippen LogP contribution in [0.25, 0.3) is 34.2 Å². The number of nitrogens with one attached hydrogen (secondary N) is 1. The highest BCUT2D eigenvalue weighted by atomic mass is 16.3. The lowest BCUT2D eigenvalue weighted by Crippen LogP contribution is -2.16. The summed E-state index contributed by atoms with van der Waals surface area (Å²) in [5.74, 6) is 0.412. The molecular weight excluding hydrogens is 434 g/mol. The first-order chi connectivity index (χ1) is 17.1. The summed E-state index contributed by atoms with van der Waals surface area (Å²) >= 11 is 0. The molecule has 1 heterocycles. The van der Waals surface area contributed by atoms with Gasteiger partial charge in [0, 0.05) is 5.56 Å². The fourth-order valence-electron chi connectivity index (χ4n) is 3.84. The molecule has 5 aromatic rings. The predicted octanol–water partition coefficient (Wildman–Crippen LogP) is 6.35. The number of carbonyl (C=O) groups excluding carboxylic acids is 1. The van der Waals surface area contributed by atoms with Crippen LogP contribution in [0.3, 0.4) is 0 Å². The molecule has 0 saturated carbocycles. The van der Waals surface area contributed by atoms with E-state index in [0.717, 1.165) is 27.5 Å². The Bertz CT molecular complexity index is 1510. The highest BCUT2D eigenvalue weighted by Crippen LogP contribution is 2.23. The van der Waals surface area contributed by atoms with Crippen molar-refractivity contribution < 1.29 is 9.90 Å². The van der Waals surface area contributed by atoms with Gasteiger partial charge >= 0.3 is 0 Å². The van der Waals surface area contributed by atoms with Crippen LogP contribution in [0.4, 0.5) is 5.82 Å². The van der Waals surface area contributed by atoms with E-state index < -0.39 is 0 Å². The van der Waals surface area contributed by atoms with Crippen LogP contribution in [0.1, 0.15) is 16.8 Å². The number of hydrogen-bond acceptors (Lipinski definition) is 4. The monoisotopic (exact) mass is 457 g/mol. The van der Waals surface area contributed by atoms with Crippen LogP contribution in [0, 0.1) is 0 Å². The molecule has 5 heteroatoms. The van der Waals surface area contributed by atoms with E-state index >= 15 is 0 Å². The Morgan fingerprint density at radius 3 is 2.37 bits per heavy atom. The number of phenols is 1. The van der Waals surface area contributed by atoms with Crippen LogP contribution in [-0.4, -0.2) is 21.0 Å². The van der Waals surface area contributed by atoms with Crippen molar-refractivity contribution in [3.63, 3.8) is 0 Å². The maximum Gasteiger partial charge on any atom is 0.230 e.